The van der Waals surface area contributed by atoms with Crippen molar-refractivity contribution in [3.8, 4) is 0 Å². The number of aliphatic carboxylic acids is 1. The van der Waals surface area contributed by atoms with Gasteiger partial charge in [0.2, 0.25) is 6.29 Å². The van der Waals surface area contributed by atoms with Gasteiger partial charge in [-0.1, -0.05) is 12.2 Å². The Hall–Kier alpha value is -2.06. The molecular formula is C26H37NO11. The topological polar surface area (TPSA) is 184 Å². The van der Waals surface area contributed by atoms with Gasteiger partial charge < -0.3 is 49.8 Å². The fraction of sp³-hybridized carbons (Fsp3) is 0.769. The number of carbonyl (C=O) groups excluding carboxylic acids is 1. The second-order valence-corrected chi connectivity index (χ2v) is 11.1. The van der Waals surface area contributed by atoms with E-state index in [1.165, 1.54) is 0 Å². The summed E-state index contributed by atoms with van der Waals surface area (Å²) < 4.78 is 23.7. The first-order chi connectivity index (χ1) is 18.1. The van der Waals surface area contributed by atoms with Gasteiger partial charge in [-0.25, -0.2) is 0 Å². The molecule has 0 aromatic carbocycles. The number of carbonyl (C=O) groups is 2. The van der Waals surface area contributed by atoms with E-state index in [4.69, 9.17) is 18.9 Å². The molecule has 1 unspecified atom stereocenters. The summed E-state index contributed by atoms with van der Waals surface area (Å²) in [5.41, 5.74) is 1.52. The molecule has 3 heterocycles. The summed E-state index contributed by atoms with van der Waals surface area (Å²) in [6.45, 7) is 7.06. The van der Waals surface area contributed by atoms with Gasteiger partial charge in [0.25, 0.3) is 0 Å². The monoisotopic (exact) mass is 539 g/mol. The molecule has 12 nitrogen and oxygen atoms in total. The number of carboxylic acids is 1. The SMILES string of the molecule is C=C1C[C@H](OC2CCCNC2)[C@H]2[C@H](C(=O)O)C(=O)O[C@@H]2[C@H]2C(C)=C(O[C@@H]3O[C@H](CO)[C@@H](O)[C@H](O)[C@H]3O)C[C@@H]12. The number of carboxylic acid groups (broad SMARTS) is 1. The van der Waals surface area contributed by atoms with Crippen LogP contribution in [0, 0.1) is 23.7 Å². The normalized spacial score (nSPS) is 45.3. The molecule has 0 spiro atoms. The third-order valence-electron chi connectivity index (χ3n) is 8.81. The Balaban J connectivity index is 1.43. The number of piperidine rings is 1. The molecule has 0 aromatic rings. The van der Waals surface area contributed by atoms with Crippen LogP contribution in [0.15, 0.2) is 23.5 Å². The van der Waals surface area contributed by atoms with Gasteiger partial charge in [0.15, 0.2) is 5.92 Å². The van der Waals surface area contributed by atoms with Gasteiger partial charge in [0, 0.05) is 24.8 Å². The number of aliphatic hydroxyl groups excluding tert-OH is 4. The minimum atomic E-state index is -1.59. The fourth-order valence-electron chi connectivity index (χ4n) is 6.80. The summed E-state index contributed by atoms with van der Waals surface area (Å²) in [6.07, 6.45) is -6.11. The molecule has 0 amide bonds. The van der Waals surface area contributed by atoms with E-state index >= 15 is 0 Å². The van der Waals surface area contributed by atoms with Crippen molar-refractivity contribution in [3.63, 3.8) is 0 Å². The molecule has 3 saturated heterocycles. The van der Waals surface area contributed by atoms with Crippen molar-refractivity contribution < 1.29 is 54.1 Å². The Labute approximate surface area is 220 Å². The van der Waals surface area contributed by atoms with Crippen molar-refractivity contribution >= 4 is 11.9 Å². The first-order valence-corrected chi connectivity index (χ1v) is 13.3. The summed E-state index contributed by atoms with van der Waals surface area (Å²) >= 11 is 0. The van der Waals surface area contributed by atoms with E-state index in [-0.39, 0.29) is 12.0 Å². The lowest BCUT2D eigenvalue weighted by Gasteiger charge is -2.40. The highest BCUT2D eigenvalue weighted by Crippen LogP contribution is 2.54. The van der Waals surface area contributed by atoms with E-state index in [0.29, 0.717) is 30.7 Å². The first kappa shape index (κ1) is 27.5. The zero-order chi connectivity index (χ0) is 27.3. The predicted octanol–water partition coefficient (Wildman–Crippen LogP) is -0.947. The molecule has 5 rings (SSSR count). The second kappa shape index (κ2) is 10.8. The molecule has 212 valence electrons. The quantitative estimate of drug-likeness (QED) is 0.138. The van der Waals surface area contributed by atoms with Crippen molar-refractivity contribution in [2.75, 3.05) is 19.7 Å². The number of hydrogen-bond donors (Lipinski definition) is 6. The van der Waals surface area contributed by atoms with Crippen molar-refractivity contribution in [1.82, 2.24) is 5.32 Å². The summed E-state index contributed by atoms with van der Waals surface area (Å²) in [6, 6.07) is 0. The molecule has 0 radical (unpaired) electrons. The summed E-state index contributed by atoms with van der Waals surface area (Å²) in [5.74, 6) is -4.34. The average Bonchev–Trinajstić information content (AvgIpc) is 3.37. The zero-order valence-corrected chi connectivity index (χ0v) is 21.3. The molecule has 0 aromatic heterocycles. The summed E-state index contributed by atoms with van der Waals surface area (Å²) in [5, 5.41) is 53.5. The van der Waals surface area contributed by atoms with E-state index in [9.17, 15) is 35.1 Å². The van der Waals surface area contributed by atoms with Crippen LogP contribution < -0.4 is 5.32 Å². The van der Waals surface area contributed by atoms with E-state index in [2.05, 4.69) is 11.9 Å². The molecule has 12 heteroatoms. The minimum Gasteiger partial charge on any atom is -0.481 e. The van der Waals surface area contributed by atoms with Crippen LogP contribution in [0.2, 0.25) is 0 Å². The highest BCUT2D eigenvalue weighted by atomic mass is 16.7. The standard InChI is InChI=1S/C26H37NO11/c1-10-6-15(35-12-4-3-5-27-8-12)18-19(24(32)33)25(34)38-23(18)17-11(2)14(7-13(10)17)36-26-22(31)21(30)20(29)16(9-28)37-26/h12-13,15-23,26-31H,1,3-9H2,2H3,(H,32,33)/t12?,13-,15-,16+,17-,18-,19+,20+,21-,22+,23+,26+/m0/s1. The molecule has 6 N–H and O–H groups in total. The van der Waals surface area contributed by atoms with Crippen molar-refractivity contribution in [2.45, 2.75) is 81.6 Å². The maximum atomic E-state index is 12.8. The number of hydrogen-bond acceptors (Lipinski definition) is 11. The first-order valence-electron chi connectivity index (χ1n) is 13.3. The molecule has 12 atom stereocenters. The molecule has 38 heavy (non-hydrogen) atoms. The highest BCUT2D eigenvalue weighted by Gasteiger charge is 2.60. The fourth-order valence-corrected chi connectivity index (χ4v) is 6.80. The summed E-state index contributed by atoms with van der Waals surface area (Å²) in [7, 11) is 0. The Morgan fingerprint density at radius 1 is 1.18 bits per heavy atom. The van der Waals surface area contributed by atoms with Gasteiger partial charge in [-0.3, -0.25) is 9.59 Å². The maximum absolute atomic E-state index is 12.8. The molecule has 5 aliphatic rings. The van der Waals surface area contributed by atoms with Gasteiger partial charge in [-0.05, 0) is 44.2 Å². The van der Waals surface area contributed by atoms with Gasteiger partial charge in [0.1, 0.15) is 30.5 Å². The average molecular weight is 540 g/mol. The van der Waals surface area contributed by atoms with Crippen LogP contribution in [0.25, 0.3) is 0 Å². The second-order valence-electron chi connectivity index (χ2n) is 11.1. The van der Waals surface area contributed by atoms with Crippen LogP contribution in [0.1, 0.15) is 32.6 Å². The van der Waals surface area contributed by atoms with Crippen molar-refractivity contribution in [1.29, 1.82) is 0 Å². The van der Waals surface area contributed by atoms with Crippen LogP contribution in [0.5, 0.6) is 0 Å². The van der Waals surface area contributed by atoms with Gasteiger partial charge in [-0.15, -0.1) is 0 Å². The van der Waals surface area contributed by atoms with Crippen LogP contribution in [-0.2, 0) is 28.5 Å². The number of aliphatic hydroxyl groups is 4. The Bertz CT molecular complexity index is 976. The predicted molar refractivity (Wildman–Crippen MR) is 128 cm³/mol. The summed E-state index contributed by atoms with van der Waals surface area (Å²) in [4.78, 5) is 25.0. The largest absolute Gasteiger partial charge is 0.481 e. The van der Waals surface area contributed by atoms with Crippen LogP contribution in [-0.4, -0.2) is 106 Å². The lowest BCUT2D eigenvalue weighted by atomic mass is 9.78. The van der Waals surface area contributed by atoms with E-state index in [1.807, 2.05) is 0 Å². The van der Waals surface area contributed by atoms with Crippen LogP contribution in [0.4, 0.5) is 0 Å². The number of ether oxygens (including phenoxy) is 4. The van der Waals surface area contributed by atoms with Gasteiger partial charge in [0.05, 0.1) is 24.6 Å². The van der Waals surface area contributed by atoms with E-state index in [1.54, 1.807) is 6.92 Å². The minimum absolute atomic E-state index is 0.105. The smallest absolute Gasteiger partial charge is 0.321 e. The molecule has 4 fully saturated rings. The number of nitrogens with one attached hydrogen (secondary N) is 1. The van der Waals surface area contributed by atoms with Crippen LogP contribution in [0.3, 0.4) is 0 Å². The highest BCUT2D eigenvalue weighted by molar-refractivity contribution is 5.96. The number of rotatable bonds is 6. The Morgan fingerprint density at radius 2 is 1.95 bits per heavy atom. The third kappa shape index (κ3) is 4.76. The lowest BCUT2D eigenvalue weighted by molar-refractivity contribution is -0.292. The number of allylic oxidation sites excluding steroid dienone is 1. The van der Waals surface area contributed by atoms with Crippen molar-refractivity contribution in [3.05, 3.63) is 23.5 Å². The maximum Gasteiger partial charge on any atom is 0.321 e. The third-order valence-corrected chi connectivity index (χ3v) is 8.81. The van der Waals surface area contributed by atoms with Crippen molar-refractivity contribution in [2.24, 2.45) is 23.7 Å². The van der Waals surface area contributed by atoms with Gasteiger partial charge in [-0.2, -0.15) is 0 Å². The number of esters is 1. The van der Waals surface area contributed by atoms with Crippen LogP contribution >= 0.6 is 0 Å². The Kier molecular flexibility index (Phi) is 7.84. The molecular weight excluding hydrogens is 502 g/mol. The molecule has 1 saturated carbocycles. The van der Waals surface area contributed by atoms with E-state index < -0.39 is 79.2 Å². The Morgan fingerprint density at radius 3 is 2.61 bits per heavy atom. The molecule has 3 aliphatic heterocycles. The zero-order valence-electron chi connectivity index (χ0n) is 21.3. The molecule has 0 bridgehead atoms. The molecule has 2 aliphatic carbocycles. The number of fused-ring (bicyclic) bond motifs is 3. The van der Waals surface area contributed by atoms with Gasteiger partial charge >= 0.3 is 11.9 Å². The van der Waals surface area contributed by atoms with E-state index in [0.717, 1.165) is 25.0 Å². The lowest BCUT2D eigenvalue weighted by Crippen LogP contribution is -2.59.